The van der Waals surface area contributed by atoms with Crippen LogP contribution < -0.4 is 9.64 Å². The van der Waals surface area contributed by atoms with Gasteiger partial charge in [-0.3, -0.25) is 5.41 Å². The van der Waals surface area contributed by atoms with E-state index in [2.05, 4.69) is 121 Å². The number of allylic oxidation sites excluding steroid dienone is 2. The number of nitrogens with zero attached hydrogens (tertiary/aromatic N) is 1. The van der Waals surface area contributed by atoms with Crippen molar-refractivity contribution in [1.82, 2.24) is 0 Å². The van der Waals surface area contributed by atoms with Gasteiger partial charge in [0.15, 0.2) is 0 Å². The molecular formula is C43H28N2O2. The molecule has 0 spiro atoms. The van der Waals surface area contributed by atoms with Crippen LogP contribution in [0.4, 0.5) is 17.1 Å². The average molecular weight is 605 g/mol. The van der Waals surface area contributed by atoms with Gasteiger partial charge in [0, 0.05) is 50.4 Å². The van der Waals surface area contributed by atoms with Crippen molar-refractivity contribution in [2.45, 2.75) is 0 Å². The van der Waals surface area contributed by atoms with Crippen LogP contribution >= 0.6 is 0 Å². The van der Waals surface area contributed by atoms with Gasteiger partial charge in [-0.1, -0.05) is 97.6 Å². The van der Waals surface area contributed by atoms with Gasteiger partial charge < -0.3 is 14.1 Å². The van der Waals surface area contributed by atoms with Crippen LogP contribution in [0.2, 0.25) is 0 Å². The van der Waals surface area contributed by atoms with Gasteiger partial charge in [0.25, 0.3) is 0 Å². The summed E-state index contributed by atoms with van der Waals surface area (Å²) in [6, 6.07) is 48.7. The van der Waals surface area contributed by atoms with Crippen molar-refractivity contribution in [3.63, 3.8) is 0 Å². The van der Waals surface area contributed by atoms with Gasteiger partial charge in [0.2, 0.25) is 5.90 Å². The molecule has 1 aliphatic heterocycles. The number of nitrogens with one attached hydrogen (secondary N) is 1. The third-order valence-corrected chi connectivity index (χ3v) is 9.07. The molecule has 0 atom stereocenters. The van der Waals surface area contributed by atoms with Gasteiger partial charge in [-0.2, -0.15) is 0 Å². The van der Waals surface area contributed by atoms with Gasteiger partial charge in [-0.25, -0.2) is 0 Å². The molecule has 0 saturated carbocycles. The highest BCUT2D eigenvalue weighted by Crippen LogP contribution is 2.45. The molecule has 4 nitrogen and oxygen atoms in total. The highest BCUT2D eigenvalue weighted by atomic mass is 16.5. The molecule has 0 radical (unpaired) electrons. The summed E-state index contributed by atoms with van der Waals surface area (Å²) in [5.41, 5.74) is 8.79. The van der Waals surface area contributed by atoms with Crippen LogP contribution in [0.25, 0.3) is 60.2 Å². The molecular weight excluding hydrogens is 576 g/mol. The molecule has 1 aromatic heterocycles. The minimum atomic E-state index is 0.145. The molecule has 222 valence electrons. The lowest BCUT2D eigenvalue weighted by Gasteiger charge is -2.26. The summed E-state index contributed by atoms with van der Waals surface area (Å²) in [5.74, 6) is 0.870. The van der Waals surface area contributed by atoms with E-state index in [1.807, 2.05) is 36.4 Å². The van der Waals surface area contributed by atoms with E-state index in [-0.39, 0.29) is 5.90 Å². The normalized spacial score (nSPS) is 13.4. The van der Waals surface area contributed by atoms with Crippen molar-refractivity contribution in [3.8, 4) is 16.9 Å². The Morgan fingerprint density at radius 1 is 0.574 bits per heavy atom. The topological polar surface area (TPSA) is 49.5 Å². The second-order valence-corrected chi connectivity index (χ2v) is 11.8. The largest absolute Gasteiger partial charge is 0.456 e. The average Bonchev–Trinajstić information content (AvgIpc) is 3.65. The SMILES string of the molecule is C=C/C=C1\C(=N)Oc2c1ccc1ccc3cc(N(c4ccc(-c5ccccc5)cc4)c4ccc5c(c4)oc4ccccc45)ccc3c21. The molecule has 0 saturated heterocycles. The first-order valence-electron chi connectivity index (χ1n) is 15.6. The Labute approximate surface area is 271 Å². The third kappa shape index (κ3) is 4.34. The Morgan fingerprint density at radius 3 is 2.06 bits per heavy atom. The quantitative estimate of drug-likeness (QED) is 0.199. The van der Waals surface area contributed by atoms with Crippen LogP contribution in [0.5, 0.6) is 5.75 Å². The number of ether oxygens (including phenoxy) is 1. The molecule has 0 bridgehead atoms. The first-order valence-corrected chi connectivity index (χ1v) is 15.6. The van der Waals surface area contributed by atoms with E-state index in [0.29, 0.717) is 0 Å². The maximum Gasteiger partial charge on any atom is 0.220 e. The number of hydrogen-bond donors (Lipinski definition) is 1. The molecule has 1 N–H and O–H groups in total. The van der Waals surface area contributed by atoms with Gasteiger partial charge in [-0.15, -0.1) is 0 Å². The number of furan rings is 1. The molecule has 7 aromatic carbocycles. The van der Waals surface area contributed by atoms with Gasteiger partial charge >= 0.3 is 0 Å². The fraction of sp³-hybridized carbons (Fsp3) is 0. The van der Waals surface area contributed by atoms with Gasteiger partial charge in [-0.05, 0) is 81.9 Å². The van der Waals surface area contributed by atoms with Crippen molar-refractivity contribution in [1.29, 1.82) is 5.41 Å². The fourth-order valence-corrected chi connectivity index (χ4v) is 6.86. The molecule has 0 amide bonds. The molecule has 8 aromatic rings. The van der Waals surface area contributed by atoms with E-state index >= 15 is 0 Å². The highest BCUT2D eigenvalue weighted by molar-refractivity contribution is 6.27. The standard InChI is InChI=1S/C43H28N2O2/c1-2-8-38-37-22-17-29-13-14-30-25-32(20-23-34(30)41(29)42(37)47-43(38)44)45(31-18-15-28(16-19-31)27-9-4-3-5-10-27)33-21-24-36-35-11-6-7-12-39(35)46-40(36)26-33/h2-26,44H,1H2/b38-8-,44-43?. The predicted octanol–water partition coefficient (Wildman–Crippen LogP) is 12.0. The number of hydrogen-bond acceptors (Lipinski definition) is 4. The summed E-state index contributed by atoms with van der Waals surface area (Å²) >= 11 is 0. The molecule has 9 rings (SSSR count). The van der Waals surface area contributed by atoms with E-state index in [0.717, 1.165) is 83.0 Å². The summed E-state index contributed by atoms with van der Waals surface area (Å²) in [4.78, 5) is 2.28. The Kier molecular flexibility index (Phi) is 6.09. The number of benzene rings is 7. The van der Waals surface area contributed by atoms with E-state index in [9.17, 15) is 0 Å². The Bertz CT molecular complexity index is 2580. The van der Waals surface area contributed by atoms with Crippen LogP contribution in [0.3, 0.4) is 0 Å². The minimum absolute atomic E-state index is 0.145. The van der Waals surface area contributed by atoms with E-state index in [1.165, 1.54) is 5.56 Å². The lowest BCUT2D eigenvalue weighted by molar-refractivity contribution is 0.573. The zero-order valence-electron chi connectivity index (χ0n) is 25.4. The molecule has 4 heteroatoms. The molecule has 0 fully saturated rings. The lowest BCUT2D eigenvalue weighted by atomic mass is 9.96. The van der Waals surface area contributed by atoms with Gasteiger partial charge in [0.05, 0.1) is 0 Å². The first-order chi connectivity index (χ1) is 23.2. The predicted molar refractivity (Wildman–Crippen MR) is 195 cm³/mol. The lowest BCUT2D eigenvalue weighted by Crippen LogP contribution is -2.09. The van der Waals surface area contributed by atoms with Gasteiger partial charge in [0.1, 0.15) is 16.9 Å². The summed E-state index contributed by atoms with van der Waals surface area (Å²) in [6.45, 7) is 3.83. The smallest absolute Gasteiger partial charge is 0.220 e. The maximum atomic E-state index is 8.47. The van der Waals surface area contributed by atoms with Crippen molar-refractivity contribution < 1.29 is 9.15 Å². The van der Waals surface area contributed by atoms with Crippen molar-refractivity contribution in [2.24, 2.45) is 0 Å². The Morgan fingerprint density at radius 2 is 1.23 bits per heavy atom. The second kappa shape index (κ2) is 10.6. The fourth-order valence-electron chi connectivity index (χ4n) is 6.86. The number of para-hydroxylation sites is 1. The zero-order chi connectivity index (χ0) is 31.5. The van der Waals surface area contributed by atoms with Crippen LogP contribution in [0.1, 0.15) is 5.56 Å². The number of fused-ring (bicyclic) bond motifs is 8. The summed E-state index contributed by atoms with van der Waals surface area (Å²) in [7, 11) is 0. The summed E-state index contributed by atoms with van der Waals surface area (Å²) in [6.07, 6.45) is 3.54. The summed E-state index contributed by atoms with van der Waals surface area (Å²) < 4.78 is 12.4. The molecule has 2 heterocycles. The van der Waals surface area contributed by atoms with Crippen LogP contribution in [-0.4, -0.2) is 5.90 Å². The first kappa shape index (κ1) is 27.0. The van der Waals surface area contributed by atoms with E-state index < -0.39 is 0 Å². The number of rotatable bonds is 5. The van der Waals surface area contributed by atoms with Crippen molar-refractivity contribution >= 4 is 72.0 Å². The van der Waals surface area contributed by atoms with Crippen LogP contribution in [0.15, 0.2) is 163 Å². The van der Waals surface area contributed by atoms with E-state index in [1.54, 1.807) is 6.08 Å². The highest BCUT2D eigenvalue weighted by Gasteiger charge is 2.26. The third-order valence-electron chi connectivity index (χ3n) is 9.07. The van der Waals surface area contributed by atoms with Crippen LogP contribution in [-0.2, 0) is 0 Å². The monoisotopic (exact) mass is 604 g/mol. The van der Waals surface area contributed by atoms with E-state index in [4.69, 9.17) is 14.6 Å². The minimum Gasteiger partial charge on any atom is -0.456 e. The molecule has 47 heavy (non-hydrogen) atoms. The molecule has 1 aliphatic rings. The molecule has 0 aliphatic carbocycles. The molecule has 0 unspecified atom stereocenters. The zero-order valence-corrected chi connectivity index (χ0v) is 25.4. The van der Waals surface area contributed by atoms with Crippen molar-refractivity contribution in [3.05, 3.63) is 164 Å². The number of anilines is 3. The second-order valence-electron chi connectivity index (χ2n) is 11.8. The van der Waals surface area contributed by atoms with Crippen molar-refractivity contribution in [2.75, 3.05) is 4.90 Å². The maximum absolute atomic E-state index is 8.47. The van der Waals surface area contributed by atoms with Crippen LogP contribution in [0, 0.1) is 5.41 Å². The Balaban J connectivity index is 1.22. The summed E-state index contributed by atoms with van der Waals surface area (Å²) in [5, 5.41) is 14.9. The Hall–Kier alpha value is -6.39.